The Bertz CT molecular complexity index is 385. The first-order chi connectivity index (χ1) is 8.58. The Labute approximate surface area is 106 Å². The molecule has 4 heteroatoms. The van der Waals surface area contributed by atoms with E-state index in [4.69, 9.17) is 5.73 Å². The van der Waals surface area contributed by atoms with Gasteiger partial charge in [0.1, 0.15) is 12.5 Å². The molecule has 1 unspecified atom stereocenters. The lowest BCUT2D eigenvalue weighted by Crippen LogP contribution is -2.49. The molecule has 0 amide bonds. The molecule has 1 aliphatic carbocycles. The van der Waals surface area contributed by atoms with Gasteiger partial charge in [-0.05, 0) is 43.4 Å². The van der Waals surface area contributed by atoms with Crippen LogP contribution in [0.1, 0.15) is 31.2 Å². The first kappa shape index (κ1) is 13.4. The summed E-state index contributed by atoms with van der Waals surface area (Å²) in [5, 5.41) is 9.59. The highest BCUT2D eigenvalue weighted by Gasteiger charge is 2.41. The molecule has 1 aliphatic rings. The zero-order chi connectivity index (χ0) is 13.2. The molecule has 1 atom stereocenters. The van der Waals surface area contributed by atoms with E-state index in [0.29, 0.717) is 25.7 Å². The van der Waals surface area contributed by atoms with Crippen LogP contribution in [0.4, 0.5) is 8.78 Å². The standard InChI is InChI=1S/C14H19F2NO/c15-9-13(17)14(7-5-12(18)6-8-14)10-1-3-11(16)4-2-10/h1-4,12-13,18H,5-9,17H2. The van der Waals surface area contributed by atoms with Crippen LogP contribution in [0.3, 0.4) is 0 Å². The number of benzene rings is 1. The van der Waals surface area contributed by atoms with E-state index >= 15 is 0 Å². The van der Waals surface area contributed by atoms with E-state index in [-0.39, 0.29) is 11.9 Å². The van der Waals surface area contributed by atoms with Gasteiger partial charge in [-0.2, -0.15) is 0 Å². The maximum absolute atomic E-state index is 13.0. The Hall–Kier alpha value is -1.00. The van der Waals surface area contributed by atoms with Gasteiger partial charge in [0.2, 0.25) is 0 Å². The summed E-state index contributed by atoms with van der Waals surface area (Å²) in [4.78, 5) is 0. The summed E-state index contributed by atoms with van der Waals surface area (Å²) in [6, 6.07) is 5.53. The molecule has 0 saturated heterocycles. The lowest BCUT2D eigenvalue weighted by molar-refractivity contribution is 0.0813. The molecule has 0 heterocycles. The lowest BCUT2D eigenvalue weighted by Gasteiger charge is -2.43. The monoisotopic (exact) mass is 255 g/mol. The van der Waals surface area contributed by atoms with Gasteiger partial charge in [-0.25, -0.2) is 8.78 Å². The summed E-state index contributed by atoms with van der Waals surface area (Å²) in [7, 11) is 0. The number of nitrogens with two attached hydrogens (primary N) is 1. The van der Waals surface area contributed by atoms with Gasteiger partial charge >= 0.3 is 0 Å². The van der Waals surface area contributed by atoms with E-state index in [9.17, 15) is 13.9 Å². The van der Waals surface area contributed by atoms with Crippen molar-refractivity contribution in [3.8, 4) is 0 Å². The van der Waals surface area contributed by atoms with Crippen LogP contribution in [-0.2, 0) is 5.41 Å². The fraction of sp³-hybridized carbons (Fsp3) is 0.571. The lowest BCUT2D eigenvalue weighted by atomic mass is 9.65. The van der Waals surface area contributed by atoms with Crippen molar-refractivity contribution in [3.63, 3.8) is 0 Å². The third-order valence-corrected chi connectivity index (χ3v) is 4.14. The van der Waals surface area contributed by atoms with Gasteiger partial charge in [0.05, 0.1) is 6.10 Å². The molecule has 0 aliphatic heterocycles. The predicted molar refractivity (Wildman–Crippen MR) is 66.5 cm³/mol. The molecule has 100 valence electrons. The van der Waals surface area contributed by atoms with Crippen molar-refractivity contribution in [2.45, 2.75) is 43.2 Å². The normalized spacial score (nSPS) is 30.1. The molecule has 1 fully saturated rings. The third-order valence-electron chi connectivity index (χ3n) is 4.14. The molecule has 0 aromatic heterocycles. The van der Waals surface area contributed by atoms with E-state index in [1.54, 1.807) is 12.1 Å². The smallest absolute Gasteiger partial charge is 0.123 e. The van der Waals surface area contributed by atoms with E-state index in [2.05, 4.69) is 0 Å². The Morgan fingerprint density at radius 2 is 1.83 bits per heavy atom. The molecule has 1 aromatic carbocycles. The van der Waals surface area contributed by atoms with Gasteiger partial charge < -0.3 is 10.8 Å². The SMILES string of the molecule is NC(CF)C1(c2ccc(F)cc2)CCC(O)CC1. The summed E-state index contributed by atoms with van der Waals surface area (Å²) in [6.07, 6.45) is 2.19. The molecule has 0 radical (unpaired) electrons. The fourth-order valence-corrected chi connectivity index (χ4v) is 2.92. The molecular weight excluding hydrogens is 236 g/mol. The fourth-order valence-electron chi connectivity index (χ4n) is 2.92. The Morgan fingerprint density at radius 1 is 1.28 bits per heavy atom. The van der Waals surface area contributed by atoms with Crippen molar-refractivity contribution < 1.29 is 13.9 Å². The zero-order valence-electron chi connectivity index (χ0n) is 10.3. The number of halogens is 2. The number of hydrogen-bond acceptors (Lipinski definition) is 2. The van der Waals surface area contributed by atoms with Crippen LogP contribution in [0, 0.1) is 5.82 Å². The predicted octanol–water partition coefficient (Wildman–Crippen LogP) is 2.30. The van der Waals surface area contributed by atoms with Gasteiger partial charge in [0.15, 0.2) is 0 Å². The second-order valence-corrected chi connectivity index (χ2v) is 5.16. The molecule has 1 saturated carbocycles. The van der Waals surface area contributed by atoms with Gasteiger partial charge in [-0.1, -0.05) is 12.1 Å². The van der Waals surface area contributed by atoms with Crippen molar-refractivity contribution >= 4 is 0 Å². The van der Waals surface area contributed by atoms with Crippen molar-refractivity contribution in [1.82, 2.24) is 0 Å². The van der Waals surface area contributed by atoms with Crippen LogP contribution >= 0.6 is 0 Å². The first-order valence-corrected chi connectivity index (χ1v) is 6.34. The Kier molecular flexibility index (Phi) is 3.97. The van der Waals surface area contributed by atoms with Crippen LogP contribution in [0.15, 0.2) is 24.3 Å². The summed E-state index contributed by atoms with van der Waals surface area (Å²) in [5.74, 6) is -0.307. The van der Waals surface area contributed by atoms with Crippen LogP contribution in [0.2, 0.25) is 0 Å². The second-order valence-electron chi connectivity index (χ2n) is 5.16. The quantitative estimate of drug-likeness (QED) is 0.870. The summed E-state index contributed by atoms with van der Waals surface area (Å²) in [5.41, 5.74) is 6.35. The van der Waals surface area contributed by atoms with Crippen LogP contribution < -0.4 is 5.73 Å². The van der Waals surface area contributed by atoms with Gasteiger partial charge in [-0.15, -0.1) is 0 Å². The first-order valence-electron chi connectivity index (χ1n) is 6.34. The summed E-state index contributed by atoms with van der Waals surface area (Å²) >= 11 is 0. The minimum absolute atomic E-state index is 0.307. The molecule has 0 bridgehead atoms. The van der Waals surface area contributed by atoms with Gasteiger partial charge in [-0.3, -0.25) is 0 Å². The highest BCUT2D eigenvalue weighted by molar-refractivity contribution is 5.29. The Morgan fingerprint density at radius 3 is 2.33 bits per heavy atom. The van der Waals surface area contributed by atoms with Crippen LogP contribution in [-0.4, -0.2) is 23.9 Å². The van der Waals surface area contributed by atoms with E-state index in [0.717, 1.165) is 5.56 Å². The van der Waals surface area contributed by atoms with Crippen LogP contribution in [0.5, 0.6) is 0 Å². The number of alkyl halides is 1. The molecule has 2 rings (SSSR count). The molecule has 2 nitrogen and oxygen atoms in total. The molecule has 0 spiro atoms. The highest BCUT2D eigenvalue weighted by atomic mass is 19.1. The summed E-state index contributed by atoms with van der Waals surface area (Å²) < 4.78 is 26.0. The number of aliphatic hydroxyl groups excluding tert-OH is 1. The minimum atomic E-state index is -0.604. The van der Waals surface area contributed by atoms with Crippen LogP contribution in [0.25, 0.3) is 0 Å². The molecule has 3 N–H and O–H groups in total. The third kappa shape index (κ3) is 2.40. The van der Waals surface area contributed by atoms with Gasteiger partial charge in [0.25, 0.3) is 0 Å². The average molecular weight is 255 g/mol. The largest absolute Gasteiger partial charge is 0.393 e. The second kappa shape index (κ2) is 5.33. The maximum atomic E-state index is 13.0. The topological polar surface area (TPSA) is 46.2 Å². The summed E-state index contributed by atoms with van der Waals surface area (Å²) in [6.45, 7) is -0.604. The number of aliphatic hydroxyl groups is 1. The van der Waals surface area contributed by atoms with Crippen molar-refractivity contribution in [2.24, 2.45) is 5.73 Å². The number of rotatable bonds is 3. The Balaban J connectivity index is 2.33. The van der Waals surface area contributed by atoms with E-state index in [1.165, 1.54) is 12.1 Å². The maximum Gasteiger partial charge on any atom is 0.123 e. The van der Waals surface area contributed by atoms with Gasteiger partial charge in [0, 0.05) is 11.5 Å². The molecular formula is C14H19F2NO. The highest BCUT2D eigenvalue weighted by Crippen LogP contribution is 2.41. The van der Waals surface area contributed by atoms with E-state index in [1.807, 2.05) is 0 Å². The van der Waals surface area contributed by atoms with E-state index < -0.39 is 18.1 Å². The van der Waals surface area contributed by atoms with Crippen molar-refractivity contribution in [2.75, 3.05) is 6.67 Å². The zero-order valence-corrected chi connectivity index (χ0v) is 10.3. The molecule has 18 heavy (non-hydrogen) atoms. The average Bonchev–Trinajstić information content (AvgIpc) is 2.40. The molecule has 1 aromatic rings. The van der Waals surface area contributed by atoms with Crippen molar-refractivity contribution in [1.29, 1.82) is 0 Å². The number of hydrogen-bond donors (Lipinski definition) is 2. The van der Waals surface area contributed by atoms with Crippen molar-refractivity contribution in [3.05, 3.63) is 35.6 Å². The minimum Gasteiger partial charge on any atom is -0.393 e.